The van der Waals surface area contributed by atoms with Crippen molar-refractivity contribution in [3.05, 3.63) is 161 Å². The number of para-hydroxylation sites is 3. The summed E-state index contributed by atoms with van der Waals surface area (Å²) in [6.07, 6.45) is 6.85. The molecule has 0 atom stereocenters. The maximum atomic E-state index is 2.51. The van der Waals surface area contributed by atoms with E-state index in [1.54, 1.807) is 0 Å². The molecule has 2 aliphatic heterocycles. The molecule has 2 nitrogen and oxygen atoms in total. The maximum absolute atomic E-state index is 2.51. The molecule has 1 aliphatic carbocycles. The Morgan fingerprint density at radius 1 is 0.574 bits per heavy atom. The van der Waals surface area contributed by atoms with Crippen molar-refractivity contribution in [2.24, 2.45) is 0 Å². The molecule has 0 saturated heterocycles. The quantitative estimate of drug-likeness (QED) is 0.180. The van der Waals surface area contributed by atoms with Crippen molar-refractivity contribution in [2.45, 2.75) is 41.9 Å². The molecule has 0 saturated carbocycles. The van der Waals surface area contributed by atoms with E-state index in [1.807, 2.05) is 11.8 Å². The van der Waals surface area contributed by atoms with Gasteiger partial charge >= 0.3 is 0 Å². The Kier molecular flexibility index (Phi) is 6.65. The van der Waals surface area contributed by atoms with E-state index in [9.17, 15) is 0 Å². The summed E-state index contributed by atoms with van der Waals surface area (Å²) in [6.45, 7) is 5.83. The van der Waals surface area contributed by atoms with E-state index < -0.39 is 0 Å². The van der Waals surface area contributed by atoms with Crippen LogP contribution >= 0.6 is 11.8 Å². The number of benzene rings is 6. The molecule has 0 aromatic heterocycles. The van der Waals surface area contributed by atoms with Gasteiger partial charge in [-0.25, -0.2) is 0 Å². The molecule has 47 heavy (non-hydrogen) atoms. The summed E-state index contributed by atoms with van der Waals surface area (Å²) in [5.74, 6) is 0. The summed E-state index contributed by atoms with van der Waals surface area (Å²) in [7, 11) is 0. The average molecular weight is 625 g/mol. The average Bonchev–Trinajstić information content (AvgIpc) is 3.34. The first kappa shape index (κ1) is 28.3. The number of nitrogens with zero attached hydrogens (tertiary/aromatic N) is 2. The minimum atomic E-state index is -0.0687. The zero-order valence-electron chi connectivity index (χ0n) is 26.8. The van der Waals surface area contributed by atoms with Crippen LogP contribution in [0.1, 0.15) is 48.1 Å². The second-order valence-electron chi connectivity index (χ2n) is 13.3. The van der Waals surface area contributed by atoms with Gasteiger partial charge in [0.15, 0.2) is 0 Å². The largest absolute Gasteiger partial charge is 0.341 e. The second-order valence-corrected chi connectivity index (χ2v) is 14.4. The molecule has 6 aromatic rings. The summed E-state index contributed by atoms with van der Waals surface area (Å²) in [5, 5.41) is 0. The number of fused-ring (bicyclic) bond motifs is 6. The molecule has 3 aliphatic rings. The van der Waals surface area contributed by atoms with Crippen molar-refractivity contribution in [1.82, 2.24) is 0 Å². The van der Waals surface area contributed by atoms with Crippen molar-refractivity contribution in [3.63, 3.8) is 0 Å². The first-order valence-electron chi connectivity index (χ1n) is 16.6. The number of hydrogen-bond acceptors (Lipinski definition) is 3. The third-order valence-corrected chi connectivity index (χ3v) is 11.3. The maximum Gasteiger partial charge on any atom is 0.0601 e. The first-order chi connectivity index (χ1) is 23.0. The van der Waals surface area contributed by atoms with E-state index in [4.69, 9.17) is 0 Å². The predicted octanol–water partition coefficient (Wildman–Crippen LogP) is 12.2. The van der Waals surface area contributed by atoms with E-state index in [1.165, 1.54) is 83.6 Å². The van der Waals surface area contributed by atoms with Crippen LogP contribution in [-0.4, -0.2) is 6.54 Å². The van der Waals surface area contributed by atoms with Crippen molar-refractivity contribution in [1.29, 1.82) is 0 Å². The minimum Gasteiger partial charge on any atom is -0.341 e. The SMILES string of the molecule is CC1(C)c2cc(C=Cc3ccc(N4c5ccccc5Sc5ccccc54)cc3)ccc2-c2ccc(N3CCCc4ccccc43)cc21. The van der Waals surface area contributed by atoms with Gasteiger partial charge in [-0.3, -0.25) is 0 Å². The Labute approximate surface area is 282 Å². The monoisotopic (exact) mass is 624 g/mol. The molecular formula is C44H36N2S. The first-order valence-corrected chi connectivity index (χ1v) is 17.5. The topological polar surface area (TPSA) is 6.48 Å². The molecular weight excluding hydrogens is 589 g/mol. The van der Waals surface area contributed by atoms with E-state index in [0.29, 0.717) is 0 Å². The third-order valence-electron chi connectivity index (χ3n) is 10.2. The number of aryl methyl sites for hydroxylation is 1. The highest BCUT2D eigenvalue weighted by Crippen LogP contribution is 2.52. The van der Waals surface area contributed by atoms with E-state index in [0.717, 1.165) is 13.0 Å². The molecule has 228 valence electrons. The lowest BCUT2D eigenvalue weighted by Crippen LogP contribution is -2.25. The predicted molar refractivity (Wildman–Crippen MR) is 200 cm³/mol. The fraction of sp³-hybridized carbons (Fsp3) is 0.136. The molecule has 9 rings (SSSR count). The van der Waals surface area contributed by atoms with Gasteiger partial charge in [0.05, 0.1) is 11.4 Å². The summed E-state index contributed by atoms with van der Waals surface area (Å²) < 4.78 is 0. The van der Waals surface area contributed by atoms with E-state index >= 15 is 0 Å². The van der Waals surface area contributed by atoms with Crippen LogP contribution in [-0.2, 0) is 11.8 Å². The molecule has 0 amide bonds. The van der Waals surface area contributed by atoms with Crippen molar-refractivity contribution in [3.8, 4) is 11.1 Å². The van der Waals surface area contributed by atoms with Gasteiger partial charge in [0.1, 0.15) is 0 Å². The molecule has 0 fully saturated rings. The Hall–Kier alpha value is -4.99. The van der Waals surface area contributed by atoms with Crippen LogP contribution in [0.4, 0.5) is 28.4 Å². The van der Waals surface area contributed by atoms with Crippen molar-refractivity contribution < 1.29 is 0 Å². The molecule has 0 unspecified atom stereocenters. The van der Waals surface area contributed by atoms with Gasteiger partial charge in [-0.2, -0.15) is 0 Å². The Morgan fingerprint density at radius 2 is 1.15 bits per heavy atom. The summed E-state index contributed by atoms with van der Waals surface area (Å²) >= 11 is 1.84. The highest BCUT2D eigenvalue weighted by atomic mass is 32.2. The lowest BCUT2D eigenvalue weighted by atomic mass is 9.81. The van der Waals surface area contributed by atoms with Gasteiger partial charge in [0, 0.05) is 38.8 Å². The molecule has 3 heteroatoms. The van der Waals surface area contributed by atoms with Gasteiger partial charge in [-0.1, -0.05) is 117 Å². The van der Waals surface area contributed by atoms with E-state index in [2.05, 4.69) is 169 Å². The zero-order chi connectivity index (χ0) is 31.5. The van der Waals surface area contributed by atoms with E-state index in [-0.39, 0.29) is 5.41 Å². The van der Waals surface area contributed by atoms with Gasteiger partial charge in [0.25, 0.3) is 0 Å². The van der Waals surface area contributed by atoms with Gasteiger partial charge in [-0.05, 0) is 106 Å². The molecule has 2 heterocycles. The zero-order valence-corrected chi connectivity index (χ0v) is 27.6. The fourth-order valence-electron chi connectivity index (χ4n) is 7.73. The Bertz CT molecular complexity index is 2150. The lowest BCUT2D eigenvalue weighted by Gasteiger charge is -2.32. The van der Waals surface area contributed by atoms with Gasteiger partial charge in [0.2, 0.25) is 0 Å². The highest BCUT2D eigenvalue weighted by molar-refractivity contribution is 7.99. The molecule has 0 radical (unpaired) electrons. The lowest BCUT2D eigenvalue weighted by molar-refractivity contribution is 0.659. The molecule has 6 aromatic carbocycles. The highest BCUT2D eigenvalue weighted by Gasteiger charge is 2.36. The van der Waals surface area contributed by atoms with Gasteiger partial charge in [-0.15, -0.1) is 0 Å². The molecule has 0 spiro atoms. The van der Waals surface area contributed by atoms with Crippen LogP contribution in [0.2, 0.25) is 0 Å². The third kappa shape index (κ3) is 4.72. The summed E-state index contributed by atoms with van der Waals surface area (Å²) in [4.78, 5) is 7.46. The Morgan fingerprint density at radius 3 is 1.89 bits per heavy atom. The van der Waals surface area contributed by atoms with Crippen LogP contribution < -0.4 is 9.80 Å². The summed E-state index contributed by atoms with van der Waals surface area (Å²) in [6, 6.07) is 49.3. The second kappa shape index (κ2) is 11.1. The van der Waals surface area contributed by atoms with Crippen LogP contribution in [0.3, 0.4) is 0 Å². The molecule has 0 bridgehead atoms. The number of rotatable bonds is 4. The van der Waals surface area contributed by atoms with Crippen LogP contribution in [0.25, 0.3) is 23.3 Å². The molecule has 0 N–H and O–H groups in total. The number of hydrogen-bond donors (Lipinski definition) is 0. The summed E-state index contributed by atoms with van der Waals surface area (Å²) in [5.41, 5.74) is 15.6. The Balaban J connectivity index is 0.987. The normalized spacial score (nSPS) is 15.5. The van der Waals surface area contributed by atoms with Gasteiger partial charge < -0.3 is 9.80 Å². The van der Waals surface area contributed by atoms with Crippen molar-refractivity contribution >= 4 is 52.4 Å². The van der Waals surface area contributed by atoms with Crippen molar-refractivity contribution in [2.75, 3.05) is 16.3 Å². The van der Waals surface area contributed by atoms with Crippen LogP contribution in [0.5, 0.6) is 0 Å². The minimum absolute atomic E-state index is 0.0687. The standard InChI is InChI=1S/C44H36N2S/c1-44(2)37-28-31(21-25-35(37)36-26-24-34(29-38(36)44)45-27-9-11-32-10-3-4-12-39(32)45)18-17-30-19-22-33(23-20-30)46-40-13-5-7-15-42(40)47-43-16-8-6-14-41(43)46/h3-8,10,12-26,28-29H,9,11,27H2,1-2H3. The van der Waals surface area contributed by atoms with Crippen LogP contribution in [0.15, 0.2) is 143 Å². The van der Waals surface area contributed by atoms with Crippen LogP contribution in [0, 0.1) is 0 Å². The number of anilines is 5. The fourth-order valence-corrected chi connectivity index (χ4v) is 8.78. The smallest absolute Gasteiger partial charge is 0.0601 e.